The summed E-state index contributed by atoms with van der Waals surface area (Å²) < 4.78 is 16.4. The van der Waals surface area contributed by atoms with Crippen LogP contribution >= 0.6 is 12.2 Å². The molecule has 1 aliphatic heterocycles. The molecule has 0 saturated heterocycles. The lowest BCUT2D eigenvalue weighted by Crippen LogP contribution is -2.47. The Morgan fingerprint density at radius 2 is 1.94 bits per heavy atom. The molecule has 1 N–H and O–H groups in total. The summed E-state index contributed by atoms with van der Waals surface area (Å²) in [6, 6.07) is 15.9. The third-order valence-corrected chi connectivity index (χ3v) is 6.16. The van der Waals surface area contributed by atoms with E-state index in [0.29, 0.717) is 30.0 Å². The molecule has 1 atom stereocenters. The summed E-state index contributed by atoms with van der Waals surface area (Å²) in [5.74, 6) is 1.69. The minimum atomic E-state index is -0.208. The van der Waals surface area contributed by atoms with Gasteiger partial charge in [-0.1, -0.05) is 48.5 Å². The van der Waals surface area contributed by atoms with Crippen LogP contribution in [0.2, 0.25) is 0 Å². The second-order valence-corrected chi connectivity index (χ2v) is 8.16. The fourth-order valence-electron chi connectivity index (χ4n) is 3.92. The second-order valence-electron chi connectivity index (χ2n) is 7.78. The zero-order chi connectivity index (χ0) is 23.4. The molecule has 0 amide bonds. The Morgan fingerprint density at radius 3 is 2.64 bits per heavy atom. The number of hydrogen-bond acceptors (Lipinski definition) is 6. The highest BCUT2D eigenvalue weighted by Gasteiger charge is 2.34. The molecule has 1 aromatic heterocycles. The third kappa shape index (κ3) is 4.77. The smallest absolute Gasteiger partial charge is 0.258 e. The summed E-state index contributed by atoms with van der Waals surface area (Å²) in [5.41, 5.74) is 5.03. The molecule has 4 rings (SSSR count). The van der Waals surface area contributed by atoms with Crippen molar-refractivity contribution in [1.82, 2.24) is 20.4 Å². The topological polar surface area (TPSA) is 72.7 Å². The van der Waals surface area contributed by atoms with E-state index in [1.807, 2.05) is 36.1 Å². The Balaban J connectivity index is 1.78. The molecule has 1 unspecified atom stereocenters. The molecule has 0 aliphatic carbocycles. The van der Waals surface area contributed by atoms with E-state index in [1.165, 1.54) is 5.56 Å². The van der Waals surface area contributed by atoms with E-state index in [-0.39, 0.29) is 6.04 Å². The van der Waals surface area contributed by atoms with Crippen LogP contribution in [0.3, 0.4) is 0 Å². The molecule has 33 heavy (non-hydrogen) atoms. The summed E-state index contributed by atoms with van der Waals surface area (Å²) in [4.78, 5) is 6.76. The van der Waals surface area contributed by atoms with Crippen molar-refractivity contribution in [3.05, 3.63) is 71.2 Å². The first kappa shape index (κ1) is 22.9. The Morgan fingerprint density at radius 1 is 1.15 bits per heavy atom. The monoisotopic (exact) mass is 464 g/mol. The van der Waals surface area contributed by atoms with Crippen LogP contribution in [-0.2, 0) is 11.2 Å². The van der Waals surface area contributed by atoms with Crippen molar-refractivity contribution in [2.24, 2.45) is 0 Å². The second kappa shape index (κ2) is 10.1. The summed E-state index contributed by atoms with van der Waals surface area (Å²) >= 11 is 5.70. The quantitative estimate of drug-likeness (QED) is 0.485. The van der Waals surface area contributed by atoms with E-state index in [4.69, 9.17) is 31.2 Å². The van der Waals surface area contributed by atoms with Crippen molar-refractivity contribution in [1.29, 1.82) is 0 Å². The fourth-order valence-corrected chi connectivity index (χ4v) is 4.26. The first-order valence-corrected chi connectivity index (χ1v) is 11.3. The van der Waals surface area contributed by atoms with Gasteiger partial charge in [0.1, 0.15) is 5.75 Å². The van der Waals surface area contributed by atoms with Crippen molar-refractivity contribution >= 4 is 22.9 Å². The van der Waals surface area contributed by atoms with Crippen LogP contribution in [0.15, 0.2) is 58.8 Å². The summed E-state index contributed by atoms with van der Waals surface area (Å²) in [6.07, 6.45) is 0.983. The van der Waals surface area contributed by atoms with Crippen molar-refractivity contribution < 1.29 is 14.0 Å². The molecular weight excluding hydrogens is 436 g/mol. The maximum atomic E-state index is 5.79. The number of rotatable bonds is 8. The molecule has 0 spiro atoms. The number of aryl methyl sites for hydroxylation is 1. The van der Waals surface area contributed by atoms with Gasteiger partial charge in [-0.3, -0.25) is 0 Å². The van der Waals surface area contributed by atoms with Crippen LogP contribution < -0.4 is 10.1 Å². The summed E-state index contributed by atoms with van der Waals surface area (Å²) in [6.45, 7) is 5.34. The van der Waals surface area contributed by atoms with Crippen LogP contribution in [0.25, 0.3) is 17.0 Å². The molecule has 1 aliphatic rings. The highest BCUT2D eigenvalue weighted by molar-refractivity contribution is 7.80. The lowest BCUT2D eigenvalue weighted by molar-refractivity contribution is 0.183. The molecule has 0 radical (unpaired) electrons. The van der Waals surface area contributed by atoms with Crippen LogP contribution in [-0.4, -0.2) is 47.5 Å². The van der Waals surface area contributed by atoms with Gasteiger partial charge in [0.25, 0.3) is 5.89 Å². The standard InChI is InChI=1S/C25H28N4O3S/c1-5-17-9-11-18(12-10-17)22-21(16(2)29(13-14-30-3)25(33)26-22)24-27-23(28-32-24)19-7-6-8-20(15-19)31-4/h6-12,15,22H,5,13-14H2,1-4H3,(H,26,33). The van der Waals surface area contributed by atoms with E-state index in [9.17, 15) is 0 Å². The Bertz CT molecular complexity index is 1160. The van der Waals surface area contributed by atoms with Gasteiger partial charge >= 0.3 is 0 Å². The lowest BCUT2D eigenvalue weighted by Gasteiger charge is -2.37. The van der Waals surface area contributed by atoms with Gasteiger partial charge in [-0.05, 0) is 48.8 Å². The number of nitrogens with zero attached hydrogens (tertiary/aromatic N) is 3. The van der Waals surface area contributed by atoms with Gasteiger partial charge < -0.3 is 24.2 Å². The van der Waals surface area contributed by atoms with Gasteiger partial charge in [0.15, 0.2) is 5.11 Å². The van der Waals surface area contributed by atoms with Gasteiger partial charge in [-0.25, -0.2) is 0 Å². The number of ether oxygens (including phenoxy) is 2. The van der Waals surface area contributed by atoms with Crippen molar-refractivity contribution in [3.63, 3.8) is 0 Å². The minimum absolute atomic E-state index is 0.208. The van der Waals surface area contributed by atoms with E-state index in [1.54, 1.807) is 14.2 Å². The SMILES string of the molecule is CCc1ccc(C2NC(=S)N(CCOC)C(C)=C2c2nc(-c3cccc(OC)c3)no2)cc1. The number of allylic oxidation sites excluding steroid dienone is 1. The van der Waals surface area contributed by atoms with Crippen LogP contribution in [0.5, 0.6) is 5.75 Å². The molecule has 0 saturated carbocycles. The van der Waals surface area contributed by atoms with E-state index in [2.05, 4.69) is 41.7 Å². The van der Waals surface area contributed by atoms with E-state index < -0.39 is 0 Å². The van der Waals surface area contributed by atoms with Gasteiger partial charge in [0.05, 0.1) is 25.3 Å². The Labute approximate surface area is 199 Å². The molecule has 2 aromatic carbocycles. The number of benzene rings is 2. The van der Waals surface area contributed by atoms with Crippen LogP contribution in [0.4, 0.5) is 0 Å². The average molecular weight is 465 g/mol. The summed E-state index contributed by atoms with van der Waals surface area (Å²) in [5, 5.41) is 8.37. The highest BCUT2D eigenvalue weighted by Crippen LogP contribution is 2.37. The van der Waals surface area contributed by atoms with Gasteiger partial charge in [0.2, 0.25) is 5.82 Å². The maximum Gasteiger partial charge on any atom is 0.258 e. The van der Waals surface area contributed by atoms with Crippen LogP contribution in [0.1, 0.15) is 36.9 Å². The fraction of sp³-hybridized carbons (Fsp3) is 0.320. The van der Waals surface area contributed by atoms with Crippen molar-refractivity contribution in [2.45, 2.75) is 26.3 Å². The Kier molecular flexibility index (Phi) is 7.05. The molecule has 172 valence electrons. The van der Waals surface area contributed by atoms with E-state index in [0.717, 1.165) is 34.6 Å². The molecule has 3 aromatic rings. The zero-order valence-corrected chi connectivity index (χ0v) is 20.1. The third-order valence-electron chi connectivity index (χ3n) is 5.82. The molecule has 2 heterocycles. The van der Waals surface area contributed by atoms with Crippen molar-refractivity contribution in [2.75, 3.05) is 27.4 Å². The number of thiocarbonyl (C=S) groups is 1. The summed E-state index contributed by atoms with van der Waals surface area (Å²) in [7, 11) is 3.31. The van der Waals surface area contributed by atoms with E-state index >= 15 is 0 Å². The first-order chi connectivity index (χ1) is 16.0. The highest BCUT2D eigenvalue weighted by atomic mass is 32.1. The molecule has 8 heteroatoms. The predicted octanol–water partition coefficient (Wildman–Crippen LogP) is 4.62. The van der Waals surface area contributed by atoms with Crippen LogP contribution in [0, 0.1) is 0 Å². The zero-order valence-electron chi connectivity index (χ0n) is 19.3. The van der Waals surface area contributed by atoms with Gasteiger partial charge in [0, 0.05) is 24.9 Å². The Hall–Kier alpha value is -3.23. The number of hydrogen-bond donors (Lipinski definition) is 1. The lowest BCUT2D eigenvalue weighted by atomic mass is 9.94. The average Bonchev–Trinajstić information content (AvgIpc) is 3.33. The molecule has 0 fully saturated rings. The largest absolute Gasteiger partial charge is 0.497 e. The normalized spacial score (nSPS) is 16.2. The number of aromatic nitrogens is 2. The maximum absolute atomic E-state index is 5.79. The molecular formula is C25H28N4O3S. The molecule has 0 bridgehead atoms. The van der Waals surface area contributed by atoms with Gasteiger partial charge in [-0.15, -0.1) is 0 Å². The number of nitrogens with one attached hydrogen (secondary N) is 1. The molecule has 7 nitrogen and oxygen atoms in total. The number of methoxy groups -OCH3 is 2. The predicted molar refractivity (Wildman–Crippen MR) is 132 cm³/mol. The first-order valence-electron chi connectivity index (χ1n) is 10.9. The minimum Gasteiger partial charge on any atom is -0.497 e. The van der Waals surface area contributed by atoms with Crippen molar-refractivity contribution in [3.8, 4) is 17.1 Å². The van der Waals surface area contributed by atoms with Gasteiger partial charge in [-0.2, -0.15) is 4.98 Å².